The Hall–Kier alpha value is -4.67. The molecule has 3 aliphatic carbocycles. The van der Waals surface area contributed by atoms with E-state index in [9.17, 15) is 44.4 Å². The fourth-order valence-corrected chi connectivity index (χ4v) is 9.18. The fraction of sp³-hybridized carbons (Fsp3) is 0.548. The van der Waals surface area contributed by atoms with Gasteiger partial charge in [0.1, 0.15) is 35.6 Å². The Kier molecular flexibility index (Phi) is 11.2. The van der Waals surface area contributed by atoms with Crippen molar-refractivity contribution < 1.29 is 68.1 Å². The number of alkyl carbamates (subject to hydrolysis) is 1. The molecule has 2 aromatic rings. The Bertz CT molecular complexity index is 1920. The van der Waals surface area contributed by atoms with Gasteiger partial charge in [0.25, 0.3) is 0 Å². The highest BCUT2D eigenvalue weighted by molar-refractivity contribution is 5.92. The van der Waals surface area contributed by atoms with Crippen molar-refractivity contribution in [3.63, 3.8) is 0 Å². The number of ether oxygens (including phenoxy) is 5. The van der Waals surface area contributed by atoms with Crippen LogP contribution in [0, 0.1) is 17.3 Å². The van der Waals surface area contributed by atoms with E-state index in [4.69, 9.17) is 23.7 Å². The lowest BCUT2D eigenvalue weighted by atomic mass is 9.49. The highest BCUT2D eigenvalue weighted by Crippen LogP contribution is 2.61. The van der Waals surface area contributed by atoms with Gasteiger partial charge in [0.05, 0.1) is 36.2 Å². The summed E-state index contributed by atoms with van der Waals surface area (Å²) in [7, 11) is 0. The fourth-order valence-electron chi connectivity index (χ4n) is 9.18. The van der Waals surface area contributed by atoms with Crippen molar-refractivity contribution in [1.82, 2.24) is 5.32 Å². The summed E-state index contributed by atoms with van der Waals surface area (Å²) in [6, 6.07) is 14.6. The molecule has 308 valence electrons. The van der Waals surface area contributed by atoms with Gasteiger partial charge in [-0.1, -0.05) is 62.4 Å². The van der Waals surface area contributed by atoms with Crippen molar-refractivity contribution >= 4 is 29.8 Å². The summed E-state index contributed by atoms with van der Waals surface area (Å²) in [6.07, 6.45) is -11.3. The van der Waals surface area contributed by atoms with E-state index >= 15 is 0 Å². The van der Waals surface area contributed by atoms with Gasteiger partial charge in [0, 0.05) is 25.2 Å². The third-order valence-electron chi connectivity index (χ3n) is 11.9. The maximum atomic E-state index is 14.6. The number of ketones is 1. The first-order chi connectivity index (χ1) is 26.6. The van der Waals surface area contributed by atoms with Crippen molar-refractivity contribution in [2.75, 3.05) is 6.61 Å². The first kappa shape index (κ1) is 41.9. The zero-order valence-electron chi connectivity index (χ0n) is 33.0. The van der Waals surface area contributed by atoms with Crippen LogP contribution in [0.5, 0.6) is 0 Å². The average Bonchev–Trinajstić information content (AvgIpc) is 3.13. The summed E-state index contributed by atoms with van der Waals surface area (Å²) in [4.78, 5) is 68.3. The molecule has 1 amide bonds. The van der Waals surface area contributed by atoms with Crippen molar-refractivity contribution in [3.05, 3.63) is 82.9 Å². The summed E-state index contributed by atoms with van der Waals surface area (Å²) in [5.41, 5.74) is -6.02. The lowest BCUT2D eigenvalue weighted by Gasteiger charge is -2.64. The third-order valence-corrected chi connectivity index (χ3v) is 11.9. The number of aliphatic hydroxyl groups is 4. The molecule has 0 spiro atoms. The summed E-state index contributed by atoms with van der Waals surface area (Å²) >= 11 is 0. The molecule has 1 heterocycles. The topological polar surface area (TPSA) is 224 Å². The number of fused-ring (bicyclic) bond motifs is 5. The minimum atomic E-state index is -2.33. The number of carbonyl (C=O) groups excluding carboxylic acids is 5. The van der Waals surface area contributed by atoms with Crippen LogP contribution < -0.4 is 5.32 Å². The maximum absolute atomic E-state index is 14.6. The lowest BCUT2D eigenvalue weighted by Crippen LogP contribution is -2.79. The van der Waals surface area contributed by atoms with E-state index in [1.54, 1.807) is 83.1 Å². The number of hydrogen-bond acceptors (Lipinski definition) is 14. The van der Waals surface area contributed by atoms with Crippen LogP contribution in [0.2, 0.25) is 0 Å². The van der Waals surface area contributed by atoms with Crippen LogP contribution in [-0.2, 0) is 38.1 Å². The Labute approximate surface area is 330 Å². The summed E-state index contributed by atoms with van der Waals surface area (Å²) in [5, 5.41) is 51.0. The van der Waals surface area contributed by atoms with Crippen LogP contribution in [0.4, 0.5) is 4.79 Å². The van der Waals surface area contributed by atoms with Gasteiger partial charge in [0.2, 0.25) is 0 Å². The molecule has 1 saturated heterocycles. The monoisotopic (exact) mass is 793 g/mol. The second-order valence-electron chi connectivity index (χ2n) is 17.0. The van der Waals surface area contributed by atoms with Crippen LogP contribution in [0.25, 0.3) is 0 Å². The summed E-state index contributed by atoms with van der Waals surface area (Å²) < 4.78 is 29.3. The van der Waals surface area contributed by atoms with E-state index in [1.807, 2.05) is 0 Å². The number of rotatable bonds is 8. The Balaban J connectivity index is 1.46. The molecule has 2 bridgehead atoms. The van der Waals surface area contributed by atoms with Gasteiger partial charge in [-0.05, 0) is 56.5 Å². The molecule has 57 heavy (non-hydrogen) atoms. The first-order valence-electron chi connectivity index (χ1n) is 19.0. The van der Waals surface area contributed by atoms with Crippen molar-refractivity contribution in [1.29, 1.82) is 0 Å². The molecule has 15 nitrogen and oxygen atoms in total. The van der Waals surface area contributed by atoms with E-state index < -0.39 is 113 Å². The SMILES string of the molecule is CC(=O)OC12COC1CC(O)C1C(=O)C(O)C3=C(C)C(OC(=O)C(O)C(NC(=O)OC(C)(C)C)c4ccccc4)CC(O)(C(OC(=O)c4ccccc4)C12)C3(C)C. The third kappa shape index (κ3) is 7.47. The molecule has 0 radical (unpaired) electrons. The molecular formula is C42H51NO14. The molecule has 11 unspecified atom stereocenters. The minimum Gasteiger partial charge on any atom is -0.456 e. The highest BCUT2D eigenvalue weighted by atomic mass is 16.6. The second kappa shape index (κ2) is 15.3. The number of aliphatic hydroxyl groups excluding tert-OH is 3. The van der Waals surface area contributed by atoms with Gasteiger partial charge < -0.3 is 49.4 Å². The van der Waals surface area contributed by atoms with Crippen LogP contribution in [0.15, 0.2) is 71.8 Å². The molecule has 2 saturated carbocycles. The Morgan fingerprint density at radius 2 is 1.58 bits per heavy atom. The van der Waals surface area contributed by atoms with Gasteiger partial charge in [-0.15, -0.1) is 0 Å². The summed E-state index contributed by atoms with van der Waals surface area (Å²) in [5.74, 6) is -6.80. The zero-order valence-corrected chi connectivity index (χ0v) is 33.0. The molecule has 6 rings (SSSR count). The highest BCUT2D eigenvalue weighted by Gasteiger charge is 2.74. The van der Waals surface area contributed by atoms with E-state index in [2.05, 4.69) is 5.32 Å². The molecule has 15 heteroatoms. The minimum absolute atomic E-state index is 0.0556. The van der Waals surface area contributed by atoms with Gasteiger partial charge in [-0.25, -0.2) is 14.4 Å². The molecule has 3 fully saturated rings. The molecule has 11 atom stereocenters. The molecule has 4 aliphatic rings. The smallest absolute Gasteiger partial charge is 0.408 e. The molecule has 1 aliphatic heterocycles. The quantitative estimate of drug-likeness (QED) is 0.147. The predicted molar refractivity (Wildman–Crippen MR) is 199 cm³/mol. The Morgan fingerprint density at radius 3 is 2.14 bits per heavy atom. The number of hydrogen-bond donors (Lipinski definition) is 5. The molecule has 5 N–H and O–H groups in total. The Morgan fingerprint density at radius 1 is 0.965 bits per heavy atom. The number of esters is 3. The van der Waals surface area contributed by atoms with Crippen molar-refractivity contribution in [3.8, 4) is 0 Å². The molecule has 0 aromatic heterocycles. The second-order valence-corrected chi connectivity index (χ2v) is 17.0. The lowest BCUT2D eigenvalue weighted by molar-refractivity contribution is -0.332. The normalized spacial score (nSPS) is 32.8. The van der Waals surface area contributed by atoms with E-state index in [0.717, 1.165) is 6.92 Å². The van der Waals surface area contributed by atoms with Gasteiger partial charge in [0.15, 0.2) is 17.5 Å². The number of nitrogens with one attached hydrogen (secondary N) is 1. The summed E-state index contributed by atoms with van der Waals surface area (Å²) in [6.45, 7) is 10.4. The van der Waals surface area contributed by atoms with E-state index in [1.165, 1.54) is 19.1 Å². The van der Waals surface area contributed by atoms with Crippen LogP contribution in [-0.4, -0.2) is 110 Å². The average molecular weight is 794 g/mol. The first-order valence-corrected chi connectivity index (χ1v) is 19.0. The van der Waals surface area contributed by atoms with Crippen molar-refractivity contribution in [2.45, 2.75) is 121 Å². The maximum Gasteiger partial charge on any atom is 0.408 e. The largest absolute Gasteiger partial charge is 0.456 e. The van der Waals surface area contributed by atoms with Gasteiger partial charge >= 0.3 is 24.0 Å². The van der Waals surface area contributed by atoms with E-state index in [0.29, 0.717) is 5.56 Å². The predicted octanol–water partition coefficient (Wildman–Crippen LogP) is 2.87. The van der Waals surface area contributed by atoms with Gasteiger partial charge in [-0.3, -0.25) is 9.59 Å². The standard InChI is InChI=1S/C42H51NO14/c1-21-26(54-37(50)34(48)31(23-14-10-8-11-15-23)43-38(51)57-39(3,4)5)19-42(52)35(55-36(49)24-16-12-9-13-17-24)30-28(32(46)33(47)29(21)40(42,6)7)25(45)18-27-41(30,20-53-27)56-22(2)44/h8-17,25-28,30-31,33-35,45,47-48,52H,18-20H2,1-7H3,(H,43,51). The molecular weight excluding hydrogens is 742 g/mol. The van der Waals surface area contributed by atoms with Crippen molar-refractivity contribution in [2.24, 2.45) is 17.3 Å². The number of amides is 1. The number of benzene rings is 2. The van der Waals surface area contributed by atoms with Crippen LogP contribution in [0.3, 0.4) is 0 Å². The molecule has 2 aromatic carbocycles. The van der Waals surface area contributed by atoms with Crippen LogP contribution >= 0.6 is 0 Å². The number of Topliss-reactive ketones (excluding diaryl/α,β-unsaturated/α-hetero) is 1. The van der Waals surface area contributed by atoms with Crippen LogP contribution in [0.1, 0.15) is 83.3 Å². The van der Waals surface area contributed by atoms with Gasteiger partial charge in [-0.2, -0.15) is 0 Å². The van der Waals surface area contributed by atoms with E-state index in [-0.39, 0.29) is 29.7 Å². The zero-order chi connectivity index (χ0) is 41.8. The number of carbonyl (C=O) groups is 5.